The molecule has 2 aromatic rings. The van der Waals surface area contributed by atoms with Crippen molar-refractivity contribution >= 4 is 35.5 Å². The van der Waals surface area contributed by atoms with Crippen LogP contribution in [0.5, 0.6) is 0 Å². The second-order valence-corrected chi connectivity index (χ2v) is 11.0. The lowest BCUT2D eigenvalue weighted by Gasteiger charge is -2.28. The molecule has 4 unspecified atom stereocenters. The standard InChI is InChI=1S/C28H44N2OS2/c1-5-9-11-21(7-3)27(23-13-17-25(29)18-14-23)32-31-33-28(22(8-4)12-10-6-2)24-15-19-26(30)20-16-24/h13-22,27-28H,5-12,29-30H2,1-4H3. The van der Waals surface area contributed by atoms with E-state index in [1.165, 1.54) is 49.7 Å². The molecule has 0 aliphatic carbocycles. The number of hydrogen-bond acceptors (Lipinski definition) is 5. The molecule has 0 amide bonds. The molecule has 3 nitrogen and oxygen atoms in total. The molecule has 0 heterocycles. The fourth-order valence-corrected chi connectivity index (χ4v) is 6.73. The number of nitrogen functional groups attached to an aromatic ring is 2. The molecule has 4 N–H and O–H groups in total. The Morgan fingerprint density at radius 3 is 1.30 bits per heavy atom. The van der Waals surface area contributed by atoms with E-state index in [9.17, 15) is 0 Å². The van der Waals surface area contributed by atoms with Gasteiger partial charge in [-0.15, -0.1) is 0 Å². The first-order valence-corrected chi connectivity index (χ1v) is 14.3. The third kappa shape index (κ3) is 9.11. The fraction of sp³-hybridized carbons (Fsp3) is 0.571. The maximum absolute atomic E-state index is 6.42. The summed E-state index contributed by atoms with van der Waals surface area (Å²) in [6, 6.07) is 16.7. The third-order valence-electron chi connectivity index (χ3n) is 6.58. The molecular formula is C28H44N2OS2. The fourth-order valence-electron chi connectivity index (χ4n) is 4.36. The van der Waals surface area contributed by atoms with Crippen molar-refractivity contribution in [2.75, 3.05) is 11.5 Å². The van der Waals surface area contributed by atoms with Crippen LogP contribution in [0.25, 0.3) is 0 Å². The summed E-state index contributed by atoms with van der Waals surface area (Å²) in [5.41, 5.74) is 16.2. The number of hydrogen-bond donors (Lipinski definition) is 2. The monoisotopic (exact) mass is 488 g/mol. The largest absolute Gasteiger partial charge is 0.399 e. The molecule has 0 aliphatic rings. The topological polar surface area (TPSA) is 61.3 Å². The zero-order valence-electron chi connectivity index (χ0n) is 21.0. The number of nitrogens with two attached hydrogens (primary N) is 2. The first-order valence-electron chi connectivity index (χ1n) is 12.7. The van der Waals surface area contributed by atoms with Crippen molar-refractivity contribution in [1.82, 2.24) is 0 Å². The van der Waals surface area contributed by atoms with Crippen molar-refractivity contribution < 1.29 is 3.63 Å². The maximum atomic E-state index is 6.42. The van der Waals surface area contributed by atoms with E-state index in [1.54, 1.807) is 24.1 Å². The molecule has 2 aromatic carbocycles. The van der Waals surface area contributed by atoms with E-state index in [-0.39, 0.29) is 0 Å². The van der Waals surface area contributed by atoms with Gasteiger partial charge < -0.3 is 11.5 Å². The predicted molar refractivity (Wildman–Crippen MR) is 150 cm³/mol. The molecule has 0 saturated heterocycles. The van der Waals surface area contributed by atoms with Gasteiger partial charge >= 0.3 is 0 Å². The van der Waals surface area contributed by atoms with E-state index >= 15 is 0 Å². The average Bonchev–Trinajstić information content (AvgIpc) is 2.83. The number of anilines is 2. The van der Waals surface area contributed by atoms with Crippen LogP contribution in [0.4, 0.5) is 11.4 Å². The quantitative estimate of drug-likeness (QED) is 0.182. The summed E-state index contributed by atoms with van der Waals surface area (Å²) in [6.07, 6.45) is 9.68. The number of unbranched alkanes of at least 4 members (excludes halogenated alkanes) is 2. The van der Waals surface area contributed by atoms with Gasteiger partial charge in [-0.1, -0.05) is 90.5 Å². The highest BCUT2D eigenvalue weighted by Crippen LogP contribution is 2.48. The lowest BCUT2D eigenvalue weighted by atomic mass is 9.91. The summed E-state index contributed by atoms with van der Waals surface area (Å²) in [5.74, 6) is 1.16. The van der Waals surface area contributed by atoms with Crippen LogP contribution in [-0.2, 0) is 3.63 Å². The van der Waals surface area contributed by atoms with Crippen molar-refractivity contribution in [3.63, 3.8) is 0 Å². The molecule has 0 aromatic heterocycles. The molecule has 5 heteroatoms. The molecule has 0 aliphatic heterocycles. The van der Waals surface area contributed by atoms with Gasteiger partial charge in [0.05, 0.1) is 10.5 Å². The Morgan fingerprint density at radius 2 is 1.00 bits per heavy atom. The number of benzene rings is 2. The lowest BCUT2D eigenvalue weighted by molar-refractivity contribution is 0.429. The molecule has 0 bridgehead atoms. The van der Waals surface area contributed by atoms with Gasteiger partial charge in [-0.25, -0.2) is 3.63 Å². The minimum atomic E-state index is 0.303. The Hall–Kier alpha value is -1.30. The van der Waals surface area contributed by atoms with Gasteiger partial charge in [0.1, 0.15) is 0 Å². The average molecular weight is 489 g/mol. The molecule has 184 valence electrons. The summed E-state index contributed by atoms with van der Waals surface area (Å²) in [7, 11) is 0. The van der Waals surface area contributed by atoms with Crippen molar-refractivity contribution in [3.05, 3.63) is 59.7 Å². The second kappa shape index (κ2) is 15.6. The van der Waals surface area contributed by atoms with Crippen molar-refractivity contribution in [1.29, 1.82) is 0 Å². The minimum absolute atomic E-state index is 0.303. The molecule has 0 fully saturated rings. The van der Waals surface area contributed by atoms with Crippen molar-refractivity contribution in [2.24, 2.45) is 11.8 Å². The van der Waals surface area contributed by atoms with E-state index in [2.05, 4.69) is 52.0 Å². The van der Waals surface area contributed by atoms with Gasteiger partial charge in [0.2, 0.25) is 0 Å². The highest BCUT2D eigenvalue weighted by Gasteiger charge is 2.27. The first kappa shape index (κ1) is 27.9. The van der Waals surface area contributed by atoms with Gasteiger partial charge in [0.25, 0.3) is 0 Å². The SMILES string of the molecule is CCCCC(CC)C(SOSC(c1ccc(N)cc1)C(CC)CCCC)c1ccc(N)cc1. The van der Waals surface area contributed by atoms with Gasteiger partial charge in [-0.2, -0.15) is 0 Å². The second-order valence-electron chi connectivity index (χ2n) is 9.06. The van der Waals surface area contributed by atoms with Crippen LogP contribution < -0.4 is 11.5 Å². The Kier molecular flexibility index (Phi) is 13.2. The minimum Gasteiger partial charge on any atom is -0.399 e. The Bertz CT molecular complexity index is 701. The highest BCUT2D eigenvalue weighted by atomic mass is 32.2. The Morgan fingerprint density at radius 1 is 0.636 bits per heavy atom. The van der Waals surface area contributed by atoms with E-state index in [4.69, 9.17) is 15.1 Å². The van der Waals surface area contributed by atoms with Gasteiger partial charge in [0, 0.05) is 35.5 Å². The van der Waals surface area contributed by atoms with Gasteiger partial charge in [-0.3, -0.25) is 0 Å². The highest BCUT2D eigenvalue weighted by molar-refractivity contribution is 8.08. The van der Waals surface area contributed by atoms with E-state index in [1.807, 2.05) is 24.3 Å². The van der Waals surface area contributed by atoms with Crippen LogP contribution in [0.2, 0.25) is 0 Å². The summed E-state index contributed by atoms with van der Waals surface area (Å²) >= 11 is 3.28. The smallest absolute Gasteiger partial charge is 0.0601 e. The molecule has 2 rings (SSSR count). The zero-order chi connectivity index (χ0) is 24.1. The zero-order valence-corrected chi connectivity index (χ0v) is 22.6. The Labute approximate surface area is 211 Å². The number of rotatable bonds is 16. The summed E-state index contributed by atoms with van der Waals surface area (Å²) < 4.78 is 6.42. The van der Waals surface area contributed by atoms with Crippen molar-refractivity contribution in [2.45, 2.75) is 89.6 Å². The molecular weight excluding hydrogens is 444 g/mol. The van der Waals surface area contributed by atoms with Crippen LogP contribution in [-0.4, -0.2) is 0 Å². The maximum Gasteiger partial charge on any atom is 0.0601 e. The molecule has 0 spiro atoms. The van der Waals surface area contributed by atoms with Crippen LogP contribution >= 0.6 is 24.1 Å². The van der Waals surface area contributed by atoms with E-state index < -0.39 is 0 Å². The molecule has 33 heavy (non-hydrogen) atoms. The summed E-state index contributed by atoms with van der Waals surface area (Å²) in [5, 5.41) is 0.606. The Balaban J connectivity index is 2.18. The summed E-state index contributed by atoms with van der Waals surface area (Å²) in [6.45, 7) is 9.13. The van der Waals surface area contributed by atoms with Crippen LogP contribution in [0.15, 0.2) is 48.5 Å². The molecule has 0 radical (unpaired) electrons. The lowest BCUT2D eigenvalue weighted by Crippen LogP contribution is -2.12. The first-order chi connectivity index (χ1) is 16.0. The third-order valence-corrected chi connectivity index (χ3v) is 8.94. The van der Waals surface area contributed by atoms with Crippen LogP contribution in [0.3, 0.4) is 0 Å². The predicted octanol–water partition coefficient (Wildman–Crippen LogP) is 9.38. The molecule has 4 atom stereocenters. The van der Waals surface area contributed by atoms with E-state index in [0.717, 1.165) is 24.2 Å². The van der Waals surface area contributed by atoms with Crippen LogP contribution in [0.1, 0.15) is 101 Å². The normalized spacial score (nSPS) is 15.2. The van der Waals surface area contributed by atoms with Crippen LogP contribution in [0, 0.1) is 11.8 Å². The van der Waals surface area contributed by atoms with E-state index in [0.29, 0.717) is 22.3 Å². The summed E-state index contributed by atoms with van der Waals surface area (Å²) in [4.78, 5) is 0. The van der Waals surface area contributed by atoms with Crippen molar-refractivity contribution in [3.8, 4) is 0 Å². The molecule has 0 saturated carbocycles. The van der Waals surface area contributed by atoms with Gasteiger partial charge in [0.15, 0.2) is 0 Å². The van der Waals surface area contributed by atoms with Gasteiger partial charge in [-0.05, 0) is 60.1 Å².